The van der Waals surface area contributed by atoms with Crippen molar-refractivity contribution >= 4 is 50.6 Å². The summed E-state index contributed by atoms with van der Waals surface area (Å²) in [6, 6.07) is 0. The molecular weight excluding hydrogens is 666 g/mol. The van der Waals surface area contributed by atoms with E-state index in [1.165, 1.54) is 0 Å². The molecule has 15 nitrogen and oxygen atoms in total. The van der Waals surface area contributed by atoms with Crippen LogP contribution >= 0.6 is 0 Å². The van der Waals surface area contributed by atoms with Gasteiger partial charge in [0.05, 0.1) is 50.6 Å². The number of rotatable bonds is 0. The van der Waals surface area contributed by atoms with Crippen molar-refractivity contribution in [3.63, 3.8) is 0 Å². The third kappa shape index (κ3) is 7490. The molecule has 0 bridgehead atoms. The van der Waals surface area contributed by atoms with Gasteiger partial charge in [0.15, 0.2) is 0 Å². The van der Waals surface area contributed by atoms with Crippen LogP contribution in [-0.4, -0.2) is 96.1 Å². The largest absolute Gasteiger partial charge is 3.00 e. The molecule has 22 heteroatoms. The molecule has 0 amide bonds. The van der Waals surface area contributed by atoms with Crippen LogP contribution in [0.15, 0.2) is 0 Å². The van der Waals surface area contributed by atoms with Crippen molar-refractivity contribution in [2.24, 2.45) is 0 Å². The van der Waals surface area contributed by atoms with E-state index < -0.39 is 50.6 Å². The first-order chi connectivity index (χ1) is 10.0. The van der Waals surface area contributed by atoms with Crippen LogP contribution in [0.4, 0.5) is 0 Å². The molecule has 0 spiro atoms. The van der Waals surface area contributed by atoms with Gasteiger partial charge in [-0.1, -0.05) is 0 Å². The van der Waals surface area contributed by atoms with Crippen molar-refractivity contribution in [3.05, 3.63) is 0 Å². The summed E-state index contributed by atoms with van der Waals surface area (Å²) in [6.07, 6.45) is 3.02. The minimum Gasteiger partial charge on any atom is -0.748 e. The summed E-state index contributed by atoms with van der Waals surface area (Å²) < 4.78 is 136. The molecule has 0 aromatic rings. The molecule has 27 heavy (non-hydrogen) atoms. The second-order valence-electron chi connectivity index (χ2n) is 3.52. The van der Waals surface area contributed by atoms with Crippen molar-refractivity contribution in [2.75, 3.05) is 31.3 Å². The Bertz CT molecular complexity index is 637. The van der Waals surface area contributed by atoms with Crippen LogP contribution in [0.5, 0.6) is 0 Å². The maximum atomic E-state index is 9.08. The van der Waals surface area contributed by atoms with Crippen LogP contribution in [0.1, 0.15) is 0 Å². The summed E-state index contributed by atoms with van der Waals surface area (Å²) in [4.78, 5) is 0. The second-order valence-corrected chi connectivity index (χ2v) is 10.6. The summed E-state index contributed by atoms with van der Waals surface area (Å²) in [7, 11) is -19.6. The van der Waals surface area contributed by atoms with Gasteiger partial charge in [-0.05, 0) is 0 Å². The Labute approximate surface area is 205 Å². The van der Waals surface area contributed by atoms with Gasteiger partial charge in [0.2, 0.25) is 0 Å². The summed E-state index contributed by atoms with van der Waals surface area (Å²) >= 11 is 0. The van der Waals surface area contributed by atoms with E-state index in [0.717, 1.165) is 0 Å². The van der Waals surface area contributed by atoms with Crippen molar-refractivity contribution in [1.29, 1.82) is 0 Å². The predicted octanol–water partition coefficient (Wildman–Crippen LogP) is -4.20. The maximum Gasteiger partial charge on any atom is 3.00 e. The molecule has 0 saturated heterocycles. The minimum atomic E-state index is -3.92. The van der Waals surface area contributed by atoms with Crippen LogP contribution in [0.3, 0.4) is 0 Å². The van der Waals surface area contributed by atoms with Gasteiger partial charge >= 0.3 is 61.2 Å². The Balaban J connectivity index is -0.0000000364. The zero-order valence-electron chi connectivity index (χ0n) is 14.4. The van der Waals surface area contributed by atoms with Gasteiger partial charge in [-0.15, -0.1) is 0 Å². The molecule has 0 aliphatic rings. The van der Waals surface area contributed by atoms with Gasteiger partial charge in [0, 0.05) is 31.3 Å². The van der Waals surface area contributed by atoms with E-state index in [4.69, 9.17) is 64.9 Å². The van der Waals surface area contributed by atoms with Crippen LogP contribution in [0.2, 0.25) is 0 Å². The first kappa shape index (κ1) is 46.7. The Hall–Kier alpha value is 1.55. The fourth-order valence-electron chi connectivity index (χ4n) is 0. The molecule has 0 atom stereocenters. The average molecular weight is 681 g/mol. The number of hydrogen-bond donors (Lipinski definition) is 0. The maximum absolute atomic E-state index is 9.08. The van der Waals surface area contributed by atoms with Crippen LogP contribution in [0.25, 0.3) is 0 Å². The fraction of sp³-hybridized carbons (Fsp3) is 1.00. The van der Waals surface area contributed by atoms with Crippen LogP contribution < -0.4 is 0 Å². The first-order valence-electron chi connectivity index (χ1n) is 4.54. The normalized spacial score (nSPS) is 10.7. The van der Waals surface area contributed by atoms with Crippen molar-refractivity contribution < 1.29 is 126 Å². The van der Waals surface area contributed by atoms with E-state index >= 15 is 0 Å². The summed E-state index contributed by atoms with van der Waals surface area (Å²) in [5, 5.41) is 0. The van der Waals surface area contributed by atoms with Gasteiger partial charge in [-0.3, -0.25) is 0 Å². The third-order valence-corrected chi connectivity index (χ3v) is 0. The van der Waals surface area contributed by atoms with Gasteiger partial charge in [-0.25, -0.2) is 42.1 Å². The smallest absolute Gasteiger partial charge is 0.748 e. The SMILES string of the molecule is CS(=O)(=O)[O-].CS(=O)(=O)[O-].CS(=O)(=O)[O-].CS(=O)(=O)[O-].CS(=O)(=O)[O-].[Ce+3].[Zn+2]. The van der Waals surface area contributed by atoms with Crippen LogP contribution in [-0.2, 0) is 70.1 Å². The zero-order valence-corrected chi connectivity index (χ0v) is 24.6. The fourth-order valence-corrected chi connectivity index (χ4v) is 0. The summed E-state index contributed by atoms with van der Waals surface area (Å²) in [5.74, 6) is 0. The van der Waals surface area contributed by atoms with Crippen molar-refractivity contribution in [1.82, 2.24) is 0 Å². The molecule has 0 heterocycles. The minimum absolute atomic E-state index is 0. The Morgan fingerprint density at radius 2 is 0.370 bits per heavy atom. The predicted molar refractivity (Wildman–Crippen MR) is 78.1 cm³/mol. The molecule has 0 rings (SSSR count). The van der Waals surface area contributed by atoms with E-state index in [-0.39, 0.29) is 61.2 Å². The van der Waals surface area contributed by atoms with Crippen molar-refractivity contribution in [2.45, 2.75) is 0 Å². The van der Waals surface area contributed by atoms with E-state index in [1.807, 2.05) is 0 Å². The molecule has 1 radical (unpaired) electrons. The standard InChI is InChI=1S/5CH4O3S.Ce.Zn/c5*1-5(2,3)4;;/h5*1H3,(H,2,3,4);;/q;;;;;+3;+2/p-5. The molecule has 0 aliphatic heterocycles. The van der Waals surface area contributed by atoms with E-state index in [1.54, 1.807) is 0 Å². The average Bonchev–Trinajstić information content (AvgIpc) is 1.79. The van der Waals surface area contributed by atoms with E-state index in [9.17, 15) is 0 Å². The number of hydrogen-bond acceptors (Lipinski definition) is 15. The molecule has 0 aliphatic carbocycles. The van der Waals surface area contributed by atoms with Gasteiger partial charge in [0.25, 0.3) is 0 Å². The van der Waals surface area contributed by atoms with Crippen LogP contribution in [0, 0.1) is 41.7 Å². The summed E-state index contributed by atoms with van der Waals surface area (Å²) in [5.41, 5.74) is 0. The Kier molecular flexibility index (Phi) is 33.7. The second kappa shape index (κ2) is 19.5. The molecule has 0 fully saturated rings. The van der Waals surface area contributed by atoms with E-state index in [2.05, 4.69) is 0 Å². The van der Waals surface area contributed by atoms with Gasteiger partial charge < -0.3 is 22.8 Å². The molecule has 161 valence electrons. The zero-order chi connectivity index (χ0) is 22.5. The van der Waals surface area contributed by atoms with Crippen molar-refractivity contribution in [3.8, 4) is 0 Å². The monoisotopic (exact) mass is 679 g/mol. The topological polar surface area (TPSA) is 286 Å². The van der Waals surface area contributed by atoms with Gasteiger partial charge in [0.1, 0.15) is 0 Å². The molecule has 0 aromatic carbocycles. The third-order valence-electron chi connectivity index (χ3n) is 0. The quantitative estimate of drug-likeness (QED) is 0.173. The van der Waals surface area contributed by atoms with Gasteiger partial charge in [-0.2, -0.15) is 0 Å². The first-order valence-corrected chi connectivity index (χ1v) is 13.6. The molecule has 0 aromatic heterocycles. The molecule has 0 N–H and O–H groups in total. The molecule has 0 unspecified atom stereocenters. The molecular formula is C5H15CeO15S5Zn. The van der Waals surface area contributed by atoms with E-state index in [0.29, 0.717) is 31.3 Å². The summed E-state index contributed by atoms with van der Waals surface area (Å²) in [6.45, 7) is 0. The Morgan fingerprint density at radius 3 is 0.370 bits per heavy atom. The Morgan fingerprint density at radius 1 is 0.370 bits per heavy atom. The molecule has 0 saturated carbocycles.